The van der Waals surface area contributed by atoms with Crippen molar-refractivity contribution in [1.29, 1.82) is 0 Å². The van der Waals surface area contributed by atoms with E-state index >= 15 is 0 Å². The van der Waals surface area contributed by atoms with Crippen LogP contribution in [0.2, 0.25) is 0 Å². The lowest BCUT2D eigenvalue weighted by Crippen LogP contribution is -2.10. The zero-order chi connectivity index (χ0) is 12.8. The van der Waals surface area contributed by atoms with Crippen molar-refractivity contribution >= 4 is 33.1 Å². The number of hydrogen-bond acceptors (Lipinski definition) is 5. The quantitative estimate of drug-likeness (QED) is 0.855. The first kappa shape index (κ1) is 13.5. The summed E-state index contributed by atoms with van der Waals surface area (Å²) in [6, 6.07) is 4.02. The van der Waals surface area contributed by atoms with Crippen LogP contribution >= 0.6 is 27.3 Å². The van der Waals surface area contributed by atoms with E-state index in [9.17, 15) is 0 Å². The molecule has 18 heavy (non-hydrogen) atoms. The second-order valence-electron chi connectivity index (χ2n) is 3.80. The van der Waals surface area contributed by atoms with Gasteiger partial charge in [0.2, 0.25) is 0 Å². The van der Waals surface area contributed by atoms with E-state index in [2.05, 4.69) is 42.7 Å². The van der Waals surface area contributed by atoms with Crippen LogP contribution < -0.4 is 11.1 Å². The van der Waals surface area contributed by atoms with Crippen LogP contribution in [0.25, 0.3) is 0 Å². The molecule has 0 aliphatic heterocycles. The third-order valence-corrected chi connectivity index (χ3v) is 4.13. The minimum Gasteiger partial charge on any atom is -0.370 e. The van der Waals surface area contributed by atoms with E-state index in [1.165, 1.54) is 4.88 Å². The lowest BCUT2D eigenvalue weighted by molar-refractivity contribution is 0.864. The molecule has 6 heteroatoms. The molecule has 0 aliphatic rings. The van der Waals surface area contributed by atoms with Crippen molar-refractivity contribution in [2.24, 2.45) is 5.73 Å². The van der Waals surface area contributed by atoms with Gasteiger partial charge in [-0.2, -0.15) is 0 Å². The summed E-state index contributed by atoms with van der Waals surface area (Å²) in [5.41, 5.74) is 5.49. The van der Waals surface area contributed by atoms with Crippen LogP contribution in [-0.2, 0) is 12.8 Å². The number of hydrogen-bond donors (Lipinski definition) is 2. The molecule has 3 N–H and O–H groups in total. The monoisotopic (exact) mass is 326 g/mol. The molecule has 4 nitrogen and oxygen atoms in total. The SMILES string of the molecule is NCCc1nccc(NCCc2cc(Br)cs2)n1. The maximum absolute atomic E-state index is 5.49. The number of rotatable bonds is 6. The molecule has 0 atom stereocenters. The van der Waals surface area contributed by atoms with Crippen molar-refractivity contribution in [3.63, 3.8) is 0 Å². The van der Waals surface area contributed by atoms with Crippen LogP contribution in [0.1, 0.15) is 10.7 Å². The smallest absolute Gasteiger partial charge is 0.131 e. The van der Waals surface area contributed by atoms with Gasteiger partial charge in [0.05, 0.1) is 0 Å². The highest BCUT2D eigenvalue weighted by atomic mass is 79.9. The molecule has 0 spiro atoms. The minimum absolute atomic E-state index is 0.576. The normalized spacial score (nSPS) is 10.6. The van der Waals surface area contributed by atoms with Crippen molar-refractivity contribution in [1.82, 2.24) is 9.97 Å². The van der Waals surface area contributed by atoms with Crippen LogP contribution in [0.15, 0.2) is 28.2 Å². The minimum atomic E-state index is 0.576. The zero-order valence-electron chi connectivity index (χ0n) is 9.90. The van der Waals surface area contributed by atoms with Gasteiger partial charge in [0, 0.05) is 33.9 Å². The molecule has 2 aromatic heterocycles. The number of nitrogens with two attached hydrogens (primary N) is 1. The number of anilines is 1. The first-order chi connectivity index (χ1) is 8.78. The van der Waals surface area contributed by atoms with Crippen molar-refractivity contribution < 1.29 is 0 Å². The van der Waals surface area contributed by atoms with E-state index in [4.69, 9.17) is 5.73 Å². The van der Waals surface area contributed by atoms with Crippen LogP contribution in [0.5, 0.6) is 0 Å². The molecule has 0 saturated carbocycles. The van der Waals surface area contributed by atoms with E-state index in [1.807, 2.05) is 6.07 Å². The zero-order valence-corrected chi connectivity index (χ0v) is 12.3. The number of aromatic nitrogens is 2. The fourth-order valence-corrected chi connectivity index (χ4v) is 3.00. The maximum atomic E-state index is 5.49. The predicted octanol–water partition coefficient (Wildman–Crippen LogP) is 2.46. The van der Waals surface area contributed by atoms with Crippen LogP contribution in [0, 0.1) is 0 Å². The Morgan fingerprint density at radius 2 is 2.28 bits per heavy atom. The number of halogens is 1. The summed E-state index contributed by atoms with van der Waals surface area (Å²) in [6.07, 6.45) is 3.47. The Kier molecular flexibility index (Phi) is 5.10. The van der Waals surface area contributed by atoms with Gasteiger partial charge in [-0.25, -0.2) is 9.97 Å². The Balaban J connectivity index is 1.84. The Hall–Kier alpha value is -0.980. The highest BCUT2D eigenvalue weighted by Gasteiger charge is 2.00. The third-order valence-electron chi connectivity index (χ3n) is 2.37. The van der Waals surface area contributed by atoms with E-state index in [1.54, 1.807) is 17.5 Å². The Morgan fingerprint density at radius 1 is 1.39 bits per heavy atom. The van der Waals surface area contributed by atoms with Gasteiger partial charge in [-0.1, -0.05) is 0 Å². The molecule has 2 aromatic rings. The lowest BCUT2D eigenvalue weighted by Gasteiger charge is -2.05. The average molecular weight is 327 g/mol. The second kappa shape index (κ2) is 6.82. The van der Waals surface area contributed by atoms with Crippen molar-refractivity contribution in [2.45, 2.75) is 12.8 Å². The Morgan fingerprint density at radius 3 is 3.00 bits per heavy atom. The fraction of sp³-hybridized carbons (Fsp3) is 0.333. The maximum Gasteiger partial charge on any atom is 0.131 e. The summed E-state index contributed by atoms with van der Waals surface area (Å²) in [5.74, 6) is 1.66. The number of nitrogens with one attached hydrogen (secondary N) is 1. The molecule has 0 radical (unpaired) electrons. The molecule has 2 heterocycles. The van der Waals surface area contributed by atoms with Crippen LogP contribution in [-0.4, -0.2) is 23.1 Å². The number of nitrogens with zero attached hydrogens (tertiary/aromatic N) is 2. The van der Waals surface area contributed by atoms with Gasteiger partial charge in [0.1, 0.15) is 11.6 Å². The molecular formula is C12H15BrN4S. The first-order valence-electron chi connectivity index (χ1n) is 5.76. The van der Waals surface area contributed by atoms with Gasteiger partial charge in [0.15, 0.2) is 0 Å². The summed E-state index contributed by atoms with van der Waals surface area (Å²) in [4.78, 5) is 9.91. The summed E-state index contributed by atoms with van der Waals surface area (Å²) in [6.45, 7) is 1.44. The lowest BCUT2D eigenvalue weighted by atomic mass is 10.3. The van der Waals surface area contributed by atoms with Crippen molar-refractivity contribution in [3.8, 4) is 0 Å². The average Bonchev–Trinajstić information content (AvgIpc) is 2.76. The van der Waals surface area contributed by atoms with Gasteiger partial charge in [0.25, 0.3) is 0 Å². The summed E-state index contributed by atoms with van der Waals surface area (Å²) >= 11 is 5.21. The molecule has 0 aromatic carbocycles. The van der Waals surface area contributed by atoms with Crippen molar-refractivity contribution in [2.75, 3.05) is 18.4 Å². The van der Waals surface area contributed by atoms with Gasteiger partial charge < -0.3 is 11.1 Å². The largest absolute Gasteiger partial charge is 0.370 e. The van der Waals surface area contributed by atoms with Gasteiger partial charge in [-0.15, -0.1) is 11.3 Å². The molecule has 0 fully saturated rings. The van der Waals surface area contributed by atoms with Crippen LogP contribution in [0.3, 0.4) is 0 Å². The molecule has 0 saturated heterocycles. The van der Waals surface area contributed by atoms with Crippen LogP contribution in [0.4, 0.5) is 5.82 Å². The molecule has 0 bridgehead atoms. The van der Waals surface area contributed by atoms with E-state index in [0.29, 0.717) is 13.0 Å². The Labute approximate surface area is 119 Å². The predicted molar refractivity (Wildman–Crippen MR) is 79.0 cm³/mol. The highest BCUT2D eigenvalue weighted by Crippen LogP contribution is 2.20. The Bertz CT molecular complexity index is 500. The van der Waals surface area contributed by atoms with Gasteiger partial charge in [-0.05, 0) is 41.0 Å². The summed E-state index contributed by atoms with van der Waals surface area (Å²) < 4.78 is 1.15. The van der Waals surface area contributed by atoms with Crippen molar-refractivity contribution in [3.05, 3.63) is 38.9 Å². The summed E-state index contributed by atoms with van der Waals surface area (Å²) in [7, 11) is 0. The van der Waals surface area contributed by atoms with E-state index < -0.39 is 0 Å². The third kappa shape index (κ3) is 4.04. The molecule has 2 rings (SSSR count). The molecular weight excluding hydrogens is 312 g/mol. The van der Waals surface area contributed by atoms with E-state index in [0.717, 1.165) is 29.1 Å². The van der Waals surface area contributed by atoms with E-state index in [-0.39, 0.29) is 0 Å². The fourth-order valence-electron chi connectivity index (χ4n) is 1.55. The first-order valence-corrected chi connectivity index (χ1v) is 7.44. The number of thiophene rings is 1. The molecule has 96 valence electrons. The molecule has 0 unspecified atom stereocenters. The summed E-state index contributed by atoms with van der Waals surface area (Å²) in [5, 5.41) is 5.40. The van der Waals surface area contributed by atoms with Gasteiger partial charge in [-0.3, -0.25) is 0 Å². The highest BCUT2D eigenvalue weighted by molar-refractivity contribution is 9.10. The standard InChI is InChI=1S/C12H15BrN4S/c13-9-7-10(18-8-9)2-5-15-12-3-6-16-11(17-12)1-4-14/h3,6-8H,1-2,4-5,14H2,(H,15,16,17). The second-order valence-corrected chi connectivity index (χ2v) is 5.72. The molecule has 0 amide bonds. The van der Waals surface area contributed by atoms with Gasteiger partial charge >= 0.3 is 0 Å². The molecule has 0 aliphatic carbocycles. The topological polar surface area (TPSA) is 63.8 Å².